The Morgan fingerprint density at radius 2 is 2.06 bits per heavy atom. The fourth-order valence-corrected chi connectivity index (χ4v) is 2.44. The van der Waals surface area contributed by atoms with Gasteiger partial charge in [-0.1, -0.05) is 6.92 Å². The van der Waals surface area contributed by atoms with Crippen molar-refractivity contribution in [3.63, 3.8) is 0 Å². The molecule has 17 heavy (non-hydrogen) atoms. The molecule has 0 aliphatic carbocycles. The van der Waals surface area contributed by atoms with Gasteiger partial charge in [-0.05, 0) is 28.4 Å². The lowest BCUT2D eigenvalue weighted by Gasteiger charge is -2.16. The highest BCUT2D eigenvalue weighted by Gasteiger charge is 2.21. The van der Waals surface area contributed by atoms with Crippen LogP contribution < -0.4 is 15.2 Å². The number of halogens is 1. The molecule has 0 atom stereocenters. The van der Waals surface area contributed by atoms with E-state index in [4.69, 9.17) is 15.2 Å². The van der Waals surface area contributed by atoms with Crippen molar-refractivity contribution >= 4 is 21.7 Å². The van der Waals surface area contributed by atoms with Crippen LogP contribution in [0.4, 0.5) is 0 Å². The normalized spacial score (nSPS) is 10.2. The second-order valence-electron chi connectivity index (χ2n) is 3.43. The van der Waals surface area contributed by atoms with Crippen molar-refractivity contribution in [1.29, 1.82) is 0 Å². The highest BCUT2D eigenvalue weighted by Crippen LogP contribution is 2.38. The largest absolute Gasteiger partial charge is 0.493 e. The summed E-state index contributed by atoms with van der Waals surface area (Å²) < 4.78 is 11.2. The number of Topliss-reactive ketones (excluding diaryl/α,β-unsaturated/α-hetero) is 1. The molecule has 0 unspecified atom stereocenters. The summed E-state index contributed by atoms with van der Waals surface area (Å²) in [5.41, 5.74) is 6.81. The minimum Gasteiger partial charge on any atom is -0.493 e. The SMILES string of the molecule is CCc1c(OC)c(OC)cc(Br)c1C(=O)CN. The van der Waals surface area contributed by atoms with Crippen LogP contribution in [0.25, 0.3) is 0 Å². The minimum absolute atomic E-state index is 0.0267. The van der Waals surface area contributed by atoms with Gasteiger partial charge in [0, 0.05) is 15.6 Å². The monoisotopic (exact) mass is 301 g/mol. The van der Waals surface area contributed by atoms with E-state index in [-0.39, 0.29) is 12.3 Å². The Hall–Kier alpha value is -1.07. The van der Waals surface area contributed by atoms with Crippen LogP contribution in [0.1, 0.15) is 22.8 Å². The van der Waals surface area contributed by atoms with Crippen molar-refractivity contribution < 1.29 is 14.3 Å². The first-order valence-electron chi connectivity index (χ1n) is 5.27. The second kappa shape index (κ2) is 6.02. The van der Waals surface area contributed by atoms with Crippen LogP contribution in [0.3, 0.4) is 0 Å². The summed E-state index contributed by atoms with van der Waals surface area (Å²) in [4.78, 5) is 11.8. The highest BCUT2D eigenvalue weighted by molar-refractivity contribution is 9.10. The molecule has 0 saturated carbocycles. The lowest BCUT2D eigenvalue weighted by molar-refractivity contribution is 0.0999. The number of carbonyl (C=O) groups is 1. The van der Waals surface area contributed by atoms with E-state index in [1.165, 1.54) is 0 Å². The van der Waals surface area contributed by atoms with E-state index in [1.54, 1.807) is 20.3 Å². The number of benzene rings is 1. The first-order chi connectivity index (χ1) is 8.10. The molecule has 0 spiro atoms. The molecule has 1 aromatic rings. The predicted octanol–water partition coefficient (Wildman–Crippen LogP) is 2.17. The number of ketones is 1. The van der Waals surface area contributed by atoms with Crippen LogP contribution in [0.2, 0.25) is 0 Å². The van der Waals surface area contributed by atoms with Gasteiger partial charge in [0.05, 0.1) is 20.8 Å². The van der Waals surface area contributed by atoms with Crippen LogP contribution in [-0.2, 0) is 6.42 Å². The smallest absolute Gasteiger partial charge is 0.177 e. The summed E-state index contributed by atoms with van der Waals surface area (Å²) in [7, 11) is 3.12. The van der Waals surface area contributed by atoms with E-state index in [9.17, 15) is 4.79 Å². The quantitative estimate of drug-likeness (QED) is 0.847. The number of hydrogen-bond acceptors (Lipinski definition) is 4. The molecule has 0 saturated heterocycles. The van der Waals surface area contributed by atoms with Gasteiger partial charge in [-0.3, -0.25) is 4.79 Å². The zero-order valence-corrected chi connectivity index (χ0v) is 11.8. The van der Waals surface area contributed by atoms with Gasteiger partial charge in [0.15, 0.2) is 17.3 Å². The van der Waals surface area contributed by atoms with Crippen molar-refractivity contribution in [3.05, 3.63) is 21.7 Å². The zero-order valence-electron chi connectivity index (χ0n) is 10.2. The minimum atomic E-state index is -0.116. The molecule has 0 aromatic heterocycles. The second-order valence-corrected chi connectivity index (χ2v) is 4.28. The molecule has 0 fully saturated rings. The van der Waals surface area contributed by atoms with E-state index in [2.05, 4.69) is 15.9 Å². The fourth-order valence-electron chi connectivity index (χ4n) is 1.78. The van der Waals surface area contributed by atoms with Crippen LogP contribution in [0.15, 0.2) is 10.5 Å². The lowest BCUT2D eigenvalue weighted by atomic mass is 9.99. The average molecular weight is 302 g/mol. The van der Waals surface area contributed by atoms with Gasteiger partial charge in [-0.2, -0.15) is 0 Å². The van der Waals surface area contributed by atoms with E-state index < -0.39 is 0 Å². The molecule has 1 aromatic carbocycles. The first kappa shape index (κ1) is 14.0. The highest BCUT2D eigenvalue weighted by atomic mass is 79.9. The molecule has 0 amide bonds. The molecule has 94 valence electrons. The third-order valence-electron chi connectivity index (χ3n) is 2.54. The Morgan fingerprint density at radius 3 is 2.47 bits per heavy atom. The van der Waals surface area contributed by atoms with Crippen molar-refractivity contribution in [2.24, 2.45) is 5.73 Å². The van der Waals surface area contributed by atoms with Gasteiger partial charge in [-0.15, -0.1) is 0 Å². The summed E-state index contributed by atoms with van der Waals surface area (Å²) in [6, 6.07) is 1.72. The summed E-state index contributed by atoms with van der Waals surface area (Å²) in [6.07, 6.45) is 0.667. The maximum absolute atomic E-state index is 11.8. The van der Waals surface area contributed by atoms with Gasteiger partial charge in [0.1, 0.15) is 0 Å². The van der Waals surface area contributed by atoms with Crippen molar-refractivity contribution in [1.82, 2.24) is 0 Å². The van der Waals surface area contributed by atoms with Crippen LogP contribution in [0.5, 0.6) is 11.5 Å². The molecule has 4 nitrogen and oxygen atoms in total. The maximum atomic E-state index is 11.8. The fraction of sp³-hybridized carbons (Fsp3) is 0.417. The Morgan fingerprint density at radius 1 is 1.41 bits per heavy atom. The van der Waals surface area contributed by atoms with Crippen LogP contribution >= 0.6 is 15.9 Å². The van der Waals surface area contributed by atoms with Gasteiger partial charge in [0.2, 0.25) is 0 Å². The Labute approximate surface area is 109 Å². The third kappa shape index (κ3) is 2.61. The van der Waals surface area contributed by atoms with Gasteiger partial charge in [0.25, 0.3) is 0 Å². The van der Waals surface area contributed by atoms with Crippen molar-refractivity contribution in [2.75, 3.05) is 20.8 Å². The summed E-state index contributed by atoms with van der Waals surface area (Å²) in [6.45, 7) is 1.93. The first-order valence-corrected chi connectivity index (χ1v) is 6.06. The summed E-state index contributed by atoms with van der Waals surface area (Å²) in [5.74, 6) is 1.08. The van der Waals surface area contributed by atoms with E-state index >= 15 is 0 Å². The lowest BCUT2D eigenvalue weighted by Crippen LogP contribution is -2.17. The van der Waals surface area contributed by atoms with E-state index in [0.717, 1.165) is 5.56 Å². The summed E-state index contributed by atoms with van der Waals surface area (Å²) in [5, 5.41) is 0. The molecule has 5 heteroatoms. The molecule has 0 radical (unpaired) electrons. The van der Waals surface area contributed by atoms with Crippen molar-refractivity contribution in [2.45, 2.75) is 13.3 Å². The molecule has 0 aliphatic rings. The maximum Gasteiger partial charge on any atom is 0.177 e. The molecule has 0 bridgehead atoms. The zero-order chi connectivity index (χ0) is 13.0. The van der Waals surface area contributed by atoms with Crippen LogP contribution in [0, 0.1) is 0 Å². The molecule has 1 rings (SSSR count). The van der Waals surface area contributed by atoms with Gasteiger partial charge >= 0.3 is 0 Å². The number of hydrogen-bond donors (Lipinski definition) is 1. The van der Waals surface area contributed by atoms with Gasteiger partial charge < -0.3 is 15.2 Å². The standard InChI is InChI=1S/C12H16BrNO3/c1-4-7-11(9(15)6-14)8(13)5-10(16-2)12(7)17-3/h5H,4,6,14H2,1-3H3. The Bertz CT molecular complexity index is 432. The molecule has 0 aliphatic heterocycles. The molecular weight excluding hydrogens is 286 g/mol. The molecular formula is C12H16BrNO3. The topological polar surface area (TPSA) is 61.5 Å². The average Bonchev–Trinajstić information content (AvgIpc) is 2.36. The summed E-state index contributed by atoms with van der Waals surface area (Å²) >= 11 is 3.37. The number of methoxy groups -OCH3 is 2. The van der Waals surface area contributed by atoms with E-state index in [0.29, 0.717) is 28.0 Å². The number of rotatable bonds is 5. The van der Waals surface area contributed by atoms with Gasteiger partial charge in [-0.25, -0.2) is 0 Å². The number of nitrogens with two attached hydrogens (primary N) is 1. The molecule has 0 heterocycles. The van der Waals surface area contributed by atoms with E-state index in [1.807, 2.05) is 6.92 Å². The predicted molar refractivity (Wildman–Crippen MR) is 70.0 cm³/mol. The number of ether oxygens (including phenoxy) is 2. The molecule has 2 N–H and O–H groups in total. The number of carbonyl (C=O) groups excluding carboxylic acids is 1. The van der Waals surface area contributed by atoms with Crippen molar-refractivity contribution in [3.8, 4) is 11.5 Å². The Kier molecular flexibility index (Phi) is 4.96. The van der Waals surface area contributed by atoms with Crippen LogP contribution in [-0.4, -0.2) is 26.5 Å². The Balaban J connectivity index is 3.54. The third-order valence-corrected chi connectivity index (χ3v) is 3.16.